The van der Waals surface area contributed by atoms with Crippen LogP contribution in [-0.2, 0) is 10.0 Å². The third-order valence-corrected chi connectivity index (χ3v) is 8.79. The van der Waals surface area contributed by atoms with E-state index in [2.05, 4.69) is 15.6 Å². The standard InChI is InChI=1S/C27H22FN5O4S2/c1-16-3-8-25(38-16)39(36,37)32-27(35)31-19-5-7-24(23(28)14-19)33-15-22(17-9-11-30-12-10-17)21-13-18(29-2)4-6-20(21)26(33)34/h3-15,29H,1-2H3,(H2,31,32,35). The van der Waals surface area contributed by atoms with Crippen LogP contribution in [-0.4, -0.2) is 31.0 Å². The van der Waals surface area contributed by atoms with Crippen LogP contribution in [0.1, 0.15) is 4.88 Å². The van der Waals surface area contributed by atoms with Crippen molar-refractivity contribution in [3.8, 4) is 16.8 Å². The Bertz CT molecular complexity index is 1890. The van der Waals surface area contributed by atoms with Crippen molar-refractivity contribution in [2.75, 3.05) is 17.7 Å². The average Bonchev–Trinajstić information content (AvgIpc) is 3.37. The zero-order valence-corrected chi connectivity index (χ0v) is 22.4. The molecule has 0 saturated carbocycles. The van der Waals surface area contributed by atoms with Crippen LogP contribution in [0.25, 0.3) is 27.6 Å². The van der Waals surface area contributed by atoms with Crippen LogP contribution >= 0.6 is 11.3 Å². The van der Waals surface area contributed by atoms with Crippen molar-refractivity contribution in [3.05, 3.63) is 100 Å². The van der Waals surface area contributed by atoms with Gasteiger partial charge >= 0.3 is 6.03 Å². The number of nitrogens with zero attached hydrogens (tertiary/aromatic N) is 2. The number of anilines is 2. The largest absolute Gasteiger partial charge is 0.388 e. The summed E-state index contributed by atoms with van der Waals surface area (Å²) in [4.78, 5) is 30.6. The van der Waals surface area contributed by atoms with E-state index in [1.807, 2.05) is 10.8 Å². The lowest BCUT2D eigenvalue weighted by Crippen LogP contribution is -2.34. The van der Waals surface area contributed by atoms with Gasteiger partial charge in [0.1, 0.15) is 10.0 Å². The number of carbonyl (C=O) groups is 1. The molecule has 0 fully saturated rings. The van der Waals surface area contributed by atoms with Crippen molar-refractivity contribution in [2.45, 2.75) is 11.1 Å². The molecular formula is C27H22FN5O4S2. The van der Waals surface area contributed by atoms with Crippen LogP contribution in [0.5, 0.6) is 0 Å². The summed E-state index contributed by atoms with van der Waals surface area (Å²) < 4.78 is 43.3. The number of aromatic nitrogens is 2. The van der Waals surface area contributed by atoms with E-state index in [-0.39, 0.29) is 15.6 Å². The second-order valence-corrected chi connectivity index (χ2v) is 11.8. The number of halogens is 1. The zero-order valence-electron chi connectivity index (χ0n) is 20.7. The Kier molecular flexibility index (Phi) is 6.89. The molecule has 0 radical (unpaired) electrons. The maximum Gasteiger partial charge on any atom is 0.333 e. The molecule has 0 aliphatic heterocycles. The van der Waals surface area contributed by atoms with Crippen molar-refractivity contribution < 1.29 is 17.6 Å². The van der Waals surface area contributed by atoms with Gasteiger partial charge in [0, 0.05) is 52.8 Å². The van der Waals surface area contributed by atoms with Gasteiger partial charge in [-0.1, -0.05) is 0 Å². The average molecular weight is 564 g/mol. The van der Waals surface area contributed by atoms with Gasteiger partial charge in [0.15, 0.2) is 0 Å². The van der Waals surface area contributed by atoms with Crippen molar-refractivity contribution in [2.24, 2.45) is 0 Å². The Labute approximate surface area is 227 Å². The first-order valence-electron chi connectivity index (χ1n) is 11.6. The maximum absolute atomic E-state index is 15.4. The molecule has 12 heteroatoms. The summed E-state index contributed by atoms with van der Waals surface area (Å²) in [6.45, 7) is 1.74. The van der Waals surface area contributed by atoms with Crippen molar-refractivity contribution in [1.82, 2.24) is 14.3 Å². The second kappa shape index (κ2) is 10.3. The second-order valence-electron chi connectivity index (χ2n) is 8.56. The fraction of sp³-hybridized carbons (Fsp3) is 0.0741. The van der Waals surface area contributed by atoms with Gasteiger partial charge in [-0.3, -0.25) is 14.3 Å². The lowest BCUT2D eigenvalue weighted by molar-refractivity contribution is 0.256. The Morgan fingerprint density at radius 3 is 2.38 bits per heavy atom. The molecule has 198 valence electrons. The number of hydrogen-bond acceptors (Lipinski definition) is 7. The molecule has 9 nitrogen and oxygen atoms in total. The van der Waals surface area contributed by atoms with Crippen LogP contribution in [0.2, 0.25) is 0 Å². The van der Waals surface area contributed by atoms with Crippen LogP contribution < -0.4 is 20.9 Å². The van der Waals surface area contributed by atoms with E-state index in [4.69, 9.17) is 0 Å². The van der Waals surface area contributed by atoms with Crippen LogP contribution in [0.4, 0.5) is 20.6 Å². The first kappa shape index (κ1) is 26.1. The van der Waals surface area contributed by atoms with Crippen molar-refractivity contribution in [1.29, 1.82) is 0 Å². The summed E-state index contributed by atoms with van der Waals surface area (Å²) in [6, 6.07) is 14.6. The smallest absolute Gasteiger partial charge is 0.333 e. The normalized spacial score (nSPS) is 11.4. The number of carbonyl (C=O) groups excluding carboxylic acids is 1. The molecule has 3 heterocycles. The lowest BCUT2D eigenvalue weighted by Gasteiger charge is -2.15. The molecule has 39 heavy (non-hydrogen) atoms. The topological polar surface area (TPSA) is 122 Å². The Balaban J connectivity index is 1.50. The Hall–Kier alpha value is -4.55. The van der Waals surface area contributed by atoms with Crippen LogP contribution in [0.3, 0.4) is 0 Å². The van der Waals surface area contributed by atoms with E-state index in [0.29, 0.717) is 16.3 Å². The molecule has 0 aliphatic carbocycles. The minimum absolute atomic E-state index is 0.00756. The van der Waals surface area contributed by atoms with E-state index in [0.717, 1.165) is 33.5 Å². The molecule has 0 aliphatic rings. The highest BCUT2D eigenvalue weighted by Gasteiger charge is 2.20. The molecule has 0 unspecified atom stereocenters. The van der Waals surface area contributed by atoms with E-state index in [9.17, 15) is 18.0 Å². The zero-order chi connectivity index (χ0) is 27.7. The van der Waals surface area contributed by atoms with E-state index >= 15 is 4.39 Å². The van der Waals surface area contributed by atoms with E-state index < -0.39 is 27.4 Å². The van der Waals surface area contributed by atoms with Gasteiger partial charge < -0.3 is 10.6 Å². The minimum Gasteiger partial charge on any atom is -0.388 e. The molecule has 3 N–H and O–H groups in total. The summed E-state index contributed by atoms with van der Waals surface area (Å²) in [5, 5.41) is 6.46. The molecule has 5 aromatic rings. The number of sulfonamides is 1. The number of hydrogen-bond donors (Lipinski definition) is 3. The predicted molar refractivity (Wildman–Crippen MR) is 151 cm³/mol. The molecule has 0 saturated heterocycles. The number of thiophene rings is 1. The minimum atomic E-state index is -4.07. The van der Waals surface area contributed by atoms with Gasteiger partial charge in [-0.15, -0.1) is 11.3 Å². The van der Waals surface area contributed by atoms with Crippen molar-refractivity contribution in [3.63, 3.8) is 0 Å². The third kappa shape index (κ3) is 5.24. The number of urea groups is 1. The summed E-state index contributed by atoms with van der Waals surface area (Å²) in [7, 11) is -2.30. The van der Waals surface area contributed by atoms with Gasteiger partial charge in [0.25, 0.3) is 15.6 Å². The fourth-order valence-electron chi connectivity index (χ4n) is 4.10. The van der Waals surface area contributed by atoms with Crippen molar-refractivity contribution >= 4 is 49.5 Å². The fourth-order valence-corrected chi connectivity index (χ4v) is 6.29. The van der Waals surface area contributed by atoms with E-state index in [1.54, 1.807) is 62.9 Å². The number of aryl methyl sites for hydroxylation is 1. The molecule has 2 amide bonds. The summed E-state index contributed by atoms with van der Waals surface area (Å²) in [5.41, 5.74) is 1.83. The monoisotopic (exact) mass is 563 g/mol. The molecule has 0 bridgehead atoms. The quantitative estimate of drug-likeness (QED) is 0.264. The van der Waals surface area contributed by atoms with E-state index in [1.165, 1.54) is 22.8 Å². The molecule has 2 aromatic carbocycles. The molecular weight excluding hydrogens is 541 g/mol. The van der Waals surface area contributed by atoms with Gasteiger partial charge in [-0.05, 0) is 78.5 Å². The van der Waals surface area contributed by atoms with Gasteiger partial charge in [-0.2, -0.15) is 0 Å². The molecule has 0 spiro atoms. The number of pyridine rings is 2. The maximum atomic E-state index is 15.4. The van der Waals surface area contributed by atoms with Crippen LogP contribution in [0, 0.1) is 12.7 Å². The number of amides is 2. The molecule has 3 aromatic heterocycles. The first-order chi connectivity index (χ1) is 18.7. The molecule has 0 atom stereocenters. The summed E-state index contributed by atoms with van der Waals surface area (Å²) in [5.74, 6) is -0.793. The van der Waals surface area contributed by atoms with Gasteiger partial charge in [0.05, 0.1) is 5.69 Å². The third-order valence-electron chi connectivity index (χ3n) is 5.97. The Morgan fingerprint density at radius 1 is 0.974 bits per heavy atom. The summed E-state index contributed by atoms with van der Waals surface area (Å²) in [6.07, 6.45) is 4.82. The number of benzene rings is 2. The highest BCUT2D eigenvalue weighted by molar-refractivity contribution is 7.92. The SMILES string of the molecule is CNc1ccc2c(=O)n(-c3ccc(NC(=O)NS(=O)(=O)c4ccc(C)s4)cc3F)cc(-c3ccncc3)c2c1. The van der Waals surface area contributed by atoms with Gasteiger partial charge in [0.2, 0.25) is 0 Å². The van der Waals surface area contributed by atoms with Gasteiger partial charge in [-0.25, -0.2) is 22.3 Å². The number of rotatable bonds is 6. The number of fused-ring (bicyclic) bond motifs is 1. The lowest BCUT2D eigenvalue weighted by atomic mass is 10.0. The highest BCUT2D eigenvalue weighted by Crippen LogP contribution is 2.30. The highest BCUT2D eigenvalue weighted by atomic mass is 32.2. The molecule has 5 rings (SSSR count). The first-order valence-corrected chi connectivity index (χ1v) is 13.9. The Morgan fingerprint density at radius 2 is 1.72 bits per heavy atom. The van der Waals surface area contributed by atoms with Crippen LogP contribution in [0.15, 0.2) is 88.3 Å². The number of nitrogens with one attached hydrogen (secondary N) is 3. The predicted octanol–water partition coefficient (Wildman–Crippen LogP) is 5.11. The summed E-state index contributed by atoms with van der Waals surface area (Å²) >= 11 is 1.02.